The molecule has 1 aromatic carbocycles. The van der Waals surface area contributed by atoms with Crippen LogP contribution in [0.5, 0.6) is 0 Å². The second-order valence-corrected chi connectivity index (χ2v) is 12.7. The van der Waals surface area contributed by atoms with E-state index < -0.39 is 29.7 Å². The number of ether oxygens (including phenoxy) is 2. The molecule has 0 bridgehead atoms. The molecule has 0 radical (unpaired) electrons. The van der Waals surface area contributed by atoms with Gasteiger partial charge in [0.25, 0.3) is 0 Å². The molecule has 1 rings (SSSR count). The van der Waals surface area contributed by atoms with Crippen molar-refractivity contribution in [3.8, 4) is 0 Å². The smallest absolute Gasteiger partial charge is 0.408 e. The van der Waals surface area contributed by atoms with Gasteiger partial charge in [0.05, 0.1) is 13.0 Å². The van der Waals surface area contributed by atoms with Crippen LogP contribution in [0.2, 0.25) is 0 Å². The Morgan fingerprint density at radius 1 is 0.953 bits per heavy atom. The Balaban J connectivity index is 3.51. The van der Waals surface area contributed by atoms with E-state index in [1.165, 1.54) is 0 Å². The van der Waals surface area contributed by atoms with E-state index in [-0.39, 0.29) is 37.3 Å². The van der Waals surface area contributed by atoms with Crippen molar-refractivity contribution in [2.45, 2.75) is 131 Å². The van der Waals surface area contributed by atoms with E-state index in [0.717, 1.165) is 43.2 Å². The molecule has 244 valence electrons. The van der Waals surface area contributed by atoms with Gasteiger partial charge in [0.2, 0.25) is 11.8 Å². The topological polar surface area (TPSA) is 114 Å². The molecule has 0 saturated heterocycles. The van der Waals surface area contributed by atoms with Crippen LogP contribution < -0.4 is 10.6 Å². The van der Waals surface area contributed by atoms with E-state index >= 15 is 0 Å². The molecule has 0 fully saturated rings. The van der Waals surface area contributed by atoms with Crippen LogP contribution in [-0.4, -0.2) is 60.1 Å². The van der Waals surface area contributed by atoms with E-state index in [1.54, 1.807) is 32.6 Å². The number of esters is 1. The highest BCUT2D eigenvalue weighted by molar-refractivity contribution is 5.92. The third kappa shape index (κ3) is 14.3. The molecule has 2 unspecified atom stereocenters. The Hall–Kier alpha value is -3.10. The summed E-state index contributed by atoms with van der Waals surface area (Å²) in [6.45, 7) is 17.8. The molecule has 0 aliphatic rings. The first-order valence-corrected chi connectivity index (χ1v) is 16.0. The number of nitrogens with zero attached hydrogens (tertiary/aromatic N) is 1. The van der Waals surface area contributed by atoms with Crippen molar-refractivity contribution in [3.63, 3.8) is 0 Å². The monoisotopic (exact) mass is 603 g/mol. The molecular weight excluding hydrogens is 546 g/mol. The van der Waals surface area contributed by atoms with Crippen molar-refractivity contribution < 1.29 is 28.7 Å². The van der Waals surface area contributed by atoms with Gasteiger partial charge in [0.15, 0.2) is 0 Å². The molecule has 0 aliphatic carbocycles. The lowest BCUT2D eigenvalue weighted by Gasteiger charge is -2.36. The number of unbranched alkanes of at least 4 members (excludes halogenated alkanes) is 5. The largest absolute Gasteiger partial charge is 0.466 e. The van der Waals surface area contributed by atoms with E-state index in [0.29, 0.717) is 24.9 Å². The maximum absolute atomic E-state index is 14.4. The number of carbonyl (C=O) groups excluding carboxylic acids is 4. The Morgan fingerprint density at radius 2 is 1.60 bits per heavy atom. The van der Waals surface area contributed by atoms with Crippen molar-refractivity contribution in [1.29, 1.82) is 0 Å². The Kier molecular flexibility index (Phi) is 17.0. The molecule has 2 atom stereocenters. The highest BCUT2D eigenvalue weighted by Crippen LogP contribution is 2.28. The second kappa shape index (κ2) is 19.2. The Bertz CT molecular complexity index is 1030. The summed E-state index contributed by atoms with van der Waals surface area (Å²) in [5, 5.41) is 5.68. The minimum Gasteiger partial charge on any atom is -0.466 e. The van der Waals surface area contributed by atoms with Gasteiger partial charge in [-0.1, -0.05) is 71.1 Å². The summed E-state index contributed by atoms with van der Waals surface area (Å²) in [6.07, 6.45) is 5.83. The number of rotatable bonds is 18. The summed E-state index contributed by atoms with van der Waals surface area (Å²) in [4.78, 5) is 54.8. The fraction of sp³-hybridized carbons (Fsp3) is 0.706. The van der Waals surface area contributed by atoms with Crippen LogP contribution in [0, 0.1) is 19.8 Å². The highest BCUT2D eigenvalue weighted by Gasteiger charge is 2.37. The number of hydrogen-bond acceptors (Lipinski definition) is 6. The molecular formula is C34H57N3O6. The van der Waals surface area contributed by atoms with Crippen LogP contribution in [0.25, 0.3) is 0 Å². The van der Waals surface area contributed by atoms with Gasteiger partial charge in [-0.3, -0.25) is 14.4 Å². The number of benzene rings is 1. The molecule has 3 amide bonds. The zero-order valence-corrected chi connectivity index (χ0v) is 28.1. The number of hydrogen-bond donors (Lipinski definition) is 2. The van der Waals surface area contributed by atoms with Crippen molar-refractivity contribution in [1.82, 2.24) is 15.5 Å². The summed E-state index contributed by atoms with van der Waals surface area (Å²) in [5.74, 6) is -1.01. The first-order chi connectivity index (χ1) is 20.2. The highest BCUT2D eigenvalue weighted by atomic mass is 16.6. The van der Waals surface area contributed by atoms with Gasteiger partial charge in [0.1, 0.15) is 17.7 Å². The van der Waals surface area contributed by atoms with Gasteiger partial charge in [-0.15, -0.1) is 0 Å². The molecule has 0 heterocycles. The van der Waals surface area contributed by atoms with Crippen molar-refractivity contribution >= 4 is 23.9 Å². The summed E-state index contributed by atoms with van der Waals surface area (Å²) < 4.78 is 10.5. The fourth-order valence-electron chi connectivity index (χ4n) is 4.91. The van der Waals surface area contributed by atoms with Crippen LogP contribution in [0.1, 0.15) is 123 Å². The second-order valence-electron chi connectivity index (χ2n) is 12.7. The molecule has 0 aromatic heterocycles. The number of nitrogens with one attached hydrogen (secondary N) is 2. The van der Waals surface area contributed by atoms with E-state index in [9.17, 15) is 19.2 Å². The lowest BCUT2D eigenvalue weighted by molar-refractivity contribution is -0.144. The first-order valence-electron chi connectivity index (χ1n) is 16.0. The molecule has 43 heavy (non-hydrogen) atoms. The molecule has 9 nitrogen and oxygen atoms in total. The molecule has 0 saturated carbocycles. The quantitative estimate of drug-likeness (QED) is 0.145. The predicted molar refractivity (Wildman–Crippen MR) is 171 cm³/mol. The van der Waals surface area contributed by atoms with Crippen LogP contribution >= 0.6 is 0 Å². The predicted octanol–water partition coefficient (Wildman–Crippen LogP) is 6.54. The van der Waals surface area contributed by atoms with Gasteiger partial charge in [-0.05, 0) is 77.0 Å². The van der Waals surface area contributed by atoms with Crippen molar-refractivity contribution in [2.24, 2.45) is 5.92 Å². The zero-order chi connectivity index (χ0) is 32.6. The van der Waals surface area contributed by atoms with Gasteiger partial charge < -0.3 is 25.0 Å². The zero-order valence-electron chi connectivity index (χ0n) is 28.1. The molecule has 2 N–H and O–H groups in total. The van der Waals surface area contributed by atoms with Crippen molar-refractivity contribution in [2.75, 3.05) is 19.7 Å². The molecule has 9 heteroatoms. The number of amides is 3. The Morgan fingerprint density at radius 3 is 2.21 bits per heavy atom. The van der Waals surface area contributed by atoms with Gasteiger partial charge in [-0.2, -0.15) is 0 Å². The minimum absolute atomic E-state index is 0.0284. The molecule has 0 aliphatic heterocycles. The maximum Gasteiger partial charge on any atom is 0.408 e. The van der Waals surface area contributed by atoms with Gasteiger partial charge >= 0.3 is 12.1 Å². The summed E-state index contributed by atoms with van der Waals surface area (Å²) in [5.41, 5.74) is 1.90. The normalized spacial score (nSPS) is 12.8. The van der Waals surface area contributed by atoms with E-state index in [1.807, 2.05) is 45.9 Å². The lowest BCUT2D eigenvalue weighted by Crippen LogP contribution is -2.53. The summed E-state index contributed by atoms with van der Waals surface area (Å²) in [6, 6.07) is 3.91. The summed E-state index contributed by atoms with van der Waals surface area (Å²) in [7, 11) is 0. The lowest BCUT2D eigenvalue weighted by atomic mass is 9.94. The number of aryl methyl sites for hydroxylation is 1. The van der Waals surface area contributed by atoms with E-state index in [4.69, 9.17) is 9.47 Å². The minimum atomic E-state index is -0.944. The van der Waals surface area contributed by atoms with Crippen molar-refractivity contribution in [3.05, 3.63) is 34.9 Å². The van der Waals surface area contributed by atoms with Crippen LogP contribution in [-0.2, 0) is 23.9 Å². The summed E-state index contributed by atoms with van der Waals surface area (Å²) >= 11 is 0. The van der Waals surface area contributed by atoms with Crippen LogP contribution in [0.3, 0.4) is 0 Å². The SMILES string of the molecule is CCCCCCCCN(C(=O)C(CC(C)C)NC(=O)OC(C)(C)C)C(C(=O)NCCC(=O)OCC)c1cccc(C)c1C. The standard InChI is InChI=1S/C34H57N3O6/c1-10-12-13-14-15-16-22-37(32(40)28(23-24(3)4)36-33(41)43-34(7,8)9)30(27-19-17-18-25(5)26(27)6)31(39)35-21-20-29(38)42-11-2/h17-19,24,28,30H,10-16,20-23H2,1-9H3,(H,35,39)(H,36,41). The third-order valence-electron chi connectivity index (χ3n) is 7.17. The number of carbonyl (C=O) groups is 4. The molecule has 0 spiro atoms. The first kappa shape index (κ1) is 37.9. The van der Waals surface area contributed by atoms with E-state index in [2.05, 4.69) is 17.6 Å². The average molecular weight is 604 g/mol. The van der Waals surface area contributed by atoms with Crippen LogP contribution in [0.15, 0.2) is 18.2 Å². The van der Waals surface area contributed by atoms with Crippen LogP contribution in [0.4, 0.5) is 4.79 Å². The molecule has 1 aromatic rings. The number of alkyl carbamates (subject to hydrolysis) is 1. The average Bonchev–Trinajstić information content (AvgIpc) is 2.90. The Labute approximate surface area is 259 Å². The third-order valence-corrected chi connectivity index (χ3v) is 7.17. The maximum atomic E-state index is 14.4. The van der Waals surface area contributed by atoms with Gasteiger partial charge in [0, 0.05) is 13.1 Å². The van der Waals surface area contributed by atoms with Gasteiger partial charge in [-0.25, -0.2) is 4.79 Å². The fourth-order valence-corrected chi connectivity index (χ4v) is 4.91.